The third kappa shape index (κ3) is 5.03. The molecule has 1 aliphatic rings. The number of fused-ring (bicyclic) bond motifs is 1. The van der Waals surface area contributed by atoms with Crippen LogP contribution in [0.25, 0.3) is 22.6 Å². The Morgan fingerprint density at radius 2 is 1.75 bits per heavy atom. The lowest BCUT2D eigenvalue weighted by atomic mass is 9.92. The largest absolute Gasteiger partial charge is 0.436 e. The third-order valence-corrected chi connectivity index (χ3v) is 7.19. The zero-order valence-corrected chi connectivity index (χ0v) is 21.0. The molecular weight excluding hydrogens is 450 g/mol. The molecule has 184 valence electrons. The van der Waals surface area contributed by atoms with Crippen molar-refractivity contribution >= 4 is 28.6 Å². The molecule has 5 rings (SSSR count). The first-order valence-electron chi connectivity index (χ1n) is 12.5. The van der Waals surface area contributed by atoms with Gasteiger partial charge in [-0.3, -0.25) is 9.59 Å². The predicted octanol–water partition coefficient (Wildman–Crippen LogP) is 6.30. The number of amides is 2. The molecule has 6 heteroatoms. The van der Waals surface area contributed by atoms with E-state index in [1.165, 1.54) is 5.56 Å². The van der Waals surface area contributed by atoms with Crippen molar-refractivity contribution in [1.82, 2.24) is 9.88 Å². The van der Waals surface area contributed by atoms with E-state index in [0.29, 0.717) is 42.1 Å². The first-order valence-corrected chi connectivity index (χ1v) is 12.5. The maximum Gasteiger partial charge on any atom is 0.253 e. The second-order valence-electron chi connectivity index (χ2n) is 9.80. The summed E-state index contributed by atoms with van der Waals surface area (Å²) >= 11 is 0. The average molecular weight is 482 g/mol. The lowest BCUT2D eigenvalue weighted by Crippen LogP contribution is -2.39. The minimum absolute atomic E-state index is 0.00456. The van der Waals surface area contributed by atoms with E-state index in [0.717, 1.165) is 35.2 Å². The van der Waals surface area contributed by atoms with Gasteiger partial charge < -0.3 is 14.6 Å². The summed E-state index contributed by atoms with van der Waals surface area (Å²) in [5, 5.41) is 3.06. The maximum absolute atomic E-state index is 13.2. The molecule has 1 N–H and O–H groups in total. The van der Waals surface area contributed by atoms with Gasteiger partial charge in [0.1, 0.15) is 5.52 Å². The third-order valence-electron chi connectivity index (χ3n) is 7.19. The number of nitrogens with zero attached hydrogens (tertiary/aromatic N) is 2. The van der Waals surface area contributed by atoms with Gasteiger partial charge in [-0.15, -0.1) is 0 Å². The van der Waals surface area contributed by atoms with E-state index in [-0.39, 0.29) is 17.7 Å². The van der Waals surface area contributed by atoms with E-state index in [1.54, 1.807) is 6.07 Å². The second-order valence-corrected chi connectivity index (χ2v) is 9.80. The van der Waals surface area contributed by atoms with Gasteiger partial charge in [0, 0.05) is 36.3 Å². The number of rotatable bonds is 5. The van der Waals surface area contributed by atoms with Crippen LogP contribution in [0.1, 0.15) is 46.3 Å². The van der Waals surface area contributed by atoms with Gasteiger partial charge in [-0.2, -0.15) is 0 Å². The second kappa shape index (κ2) is 9.97. The molecule has 2 amide bonds. The Labute approximate surface area is 211 Å². The molecule has 4 aromatic rings. The van der Waals surface area contributed by atoms with Gasteiger partial charge in [0.15, 0.2) is 5.58 Å². The Kier molecular flexibility index (Phi) is 6.59. The van der Waals surface area contributed by atoms with Crippen molar-refractivity contribution in [3.63, 3.8) is 0 Å². The highest BCUT2D eigenvalue weighted by molar-refractivity contribution is 5.97. The number of aryl methyl sites for hydroxylation is 2. The molecule has 0 radical (unpaired) electrons. The van der Waals surface area contributed by atoms with Crippen molar-refractivity contribution in [1.29, 1.82) is 0 Å². The topological polar surface area (TPSA) is 75.4 Å². The molecule has 1 saturated heterocycles. The lowest BCUT2D eigenvalue weighted by molar-refractivity contribution is -0.117. The molecule has 0 atom stereocenters. The van der Waals surface area contributed by atoms with Crippen molar-refractivity contribution in [3.8, 4) is 11.5 Å². The van der Waals surface area contributed by atoms with Gasteiger partial charge in [-0.05, 0) is 87.1 Å². The van der Waals surface area contributed by atoms with Crippen LogP contribution in [0, 0.1) is 26.7 Å². The molecule has 0 bridgehead atoms. The number of carbonyl (C=O) groups excluding carboxylic acids is 2. The molecule has 0 aliphatic carbocycles. The number of hydrogen-bond donors (Lipinski definition) is 1. The summed E-state index contributed by atoms with van der Waals surface area (Å²) in [7, 11) is 0. The van der Waals surface area contributed by atoms with Gasteiger partial charge in [0.05, 0.1) is 0 Å². The van der Waals surface area contributed by atoms with Crippen LogP contribution in [-0.4, -0.2) is 34.8 Å². The molecule has 6 nitrogen and oxygen atoms in total. The minimum Gasteiger partial charge on any atom is -0.436 e. The fraction of sp³-hybridized carbons (Fsp3) is 0.300. The number of likely N-dealkylation sites (tertiary alicyclic amines) is 1. The van der Waals surface area contributed by atoms with Gasteiger partial charge >= 0.3 is 0 Å². The zero-order chi connectivity index (χ0) is 25.2. The van der Waals surface area contributed by atoms with Crippen molar-refractivity contribution in [3.05, 3.63) is 82.9 Å². The summed E-state index contributed by atoms with van der Waals surface area (Å²) in [6.07, 6.45) is 2.10. The summed E-state index contributed by atoms with van der Waals surface area (Å²) in [4.78, 5) is 32.3. The first kappa shape index (κ1) is 23.8. The summed E-state index contributed by atoms with van der Waals surface area (Å²) in [5.74, 6) is 0.855. The van der Waals surface area contributed by atoms with Gasteiger partial charge in [-0.25, -0.2) is 4.98 Å². The molecule has 1 aliphatic heterocycles. The molecule has 0 saturated carbocycles. The number of anilines is 1. The average Bonchev–Trinajstić information content (AvgIpc) is 3.31. The molecule has 0 spiro atoms. The Hall–Kier alpha value is -3.93. The van der Waals surface area contributed by atoms with Crippen molar-refractivity contribution in [2.24, 2.45) is 5.92 Å². The lowest BCUT2D eigenvalue weighted by Gasteiger charge is -2.32. The van der Waals surface area contributed by atoms with E-state index < -0.39 is 0 Å². The number of oxazole rings is 1. The minimum atomic E-state index is -0.00456. The number of piperidine rings is 1. The highest BCUT2D eigenvalue weighted by atomic mass is 16.3. The summed E-state index contributed by atoms with van der Waals surface area (Å²) in [5.41, 5.74) is 7.17. The number of aromatic nitrogens is 1. The fourth-order valence-electron chi connectivity index (χ4n) is 4.75. The highest BCUT2D eigenvalue weighted by Gasteiger charge is 2.26. The monoisotopic (exact) mass is 481 g/mol. The van der Waals surface area contributed by atoms with E-state index >= 15 is 0 Å². The Balaban J connectivity index is 1.19. The van der Waals surface area contributed by atoms with Crippen LogP contribution in [0.4, 0.5) is 5.69 Å². The number of nitrogens with one attached hydrogen (secondary N) is 1. The van der Waals surface area contributed by atoms with E-state index in [4.69, 9.17) is 4.42 Å². The Bertz CT molecular complexity index is 1410. The van der Waals surface area contributed by atoms with E-state index in [9.17, 15) is 9.59 Å². The van der Waals surface area contributed by atoms with Crippen LogP contribution in [0.15, 0.2) is 65.1 Å². The van der Waals surface area contributed by atoms with Crippen molar-refractivity contribution in [2.45, 2.75) is 40.0 Å². The van der Waals surface area contributed by atoms with Crippen LogP contribution in [0.5, 0.6) is 0 Å². The zero-order valence-electron chi connectivity index (χ0n) is 21.0. The summed E-state index contributed by atoms with van der Waals surface area (Å²) in [6, 6.07) is 19.4. The predicted molar refractivity (Wildman–Crippen MR) is 142 cm³/mol. The Morgan fingerprint density at radius 3 is 2.50 bits per heavy atom. The highest BCUT2D eigenvalue weighted by Crippen LogP contribution is 2.27. The van der Waals surface area contributed by atoms with Gasteiger partial charge in [-0.1, -0.05) is 29.8 Å². The summed E-state index contributed by atoms with van der Waals surface area (Å²) in [6.45, 7) is 7.39. The van der Waals surface area contributed by atoms with E-state index in [1.807, 2.05) is 80.3 Å². The molecule has 0 unspecified atom stereocenters. The first-order chi connectivity index (χ1) is 17.4. The molecular formula is C30H31N3O3. The number of benzene rings is 3. The number of hydrogen-bond acceptors (Lipinski definition) is 4. The van der Waals surface area contributed by atoms with Gasteiger partial charge in [0.25, 0.3) is 5.91 Å². The van der Waals surface area contributed by atoms with Crippen LogP contribution in [0.3, 0.4) is 0 Å². The molecule has 2 heterocycles. The molecule has 1 fully saturated rings. The van der Waals surface area contributed by atoms with Crippen LogP contribution >= 0.6 is 0 Å². The van der Waals surface area contributed by atoms with Crippen LogP contribution in [0.2, 0.25) is 0 Å². The van der Waals surface area contributed by atoms with E-state index in [2.05, 4.69) is 10.3 Å². The molecule has 3 aromatic carbocycles. The standard InChI is InChI=1S/C30H31N3O3/c1-19-7-9-23(10-8-19)29-32-26-18-24(11-12-27(26)36-29)30(35)33-15-13-22(14-16-33)17-28(34)31-25-6-4-5-20(2)21(25)3/h4-12,18,22H,13-17H2,1-3H3,(H,31,34). The van der Waals surface area contributed by atoms with Crippen molar-refractivity contribution < 1.29 is 14.0 Å². The van der Waals surface area contributed by atoms with Crippen LogP contribution in [-0.2, 0) is 4.79 Å². The smallest absolute Gasteiger partial charge is 0.253 e. The quantitative estimate of drug-likeness (QED) is 0.363. The van der Waals surface area contributed by atoms with Crippen LogP contribution < -0.4 is 5.32 Å². The number of carbonyl (C=O) groups is 2. The normalized spacial score (nSPS) is 14.2. The maximum atomic E-state index is 13.2. The SMILES string of the molecule is Cc1ccc(-c2nc3cc(C(=O)N4CCC(CC(=O)Nc5cccc(C)c5C)CC4)ccc3o2)cc1. The molecule has 1 aromatic heterocycles. The Morgan fingerprint density at radius 1 is 1.00 bits per heavy atom. The summed E-state index contributed by atoms with van der Waals surface area (Å²) < 4.78 is 5.91. The fourth-order valence-corrected chi connectivity index (χ4v) is 4.75. The molecule has 36 heavy (non-hydrogen) atoms. The van der Waals surface area contributed by atoms with Gasteiger partial charge in [0.2, 0.25) is 11.8 Å². The van der Waals surface area contributed by atoms with Crippen molar-refractivity contribution in [2.75, 3.05) is 18.4 Å².